The van der Waals surface area contributed by atoms with Crippen molar-refractivity contribution >= 4 is 5.97 Å². The average Bonchev–Trinajstić information content (AvgIpc) is 3.13. The highest BCUT2D eigenvalue weighted by molar-refractivity contribution is 5.76. The van der Waals surface area contributed by atoms with Gasteiger partial charge in [0.05, 0.1) is 11.5 Å². The van der Waals surface area contributed by atoms with Gasteiger partial charge in [0.25, 0.3) is 0 Å². The van der Waals surface area contributed by atoms with Crippen LogP contribution in [-0.4, -0.2) is 22.3 Å². The smallest absolute Gasteiger partial charge is 0.309 e. The van der Waals surface area contributed by atoms with Crippen molar-refractivity contribution in [2.45, 2.75) is 112 Å². The zero-order valence-electron chi connectivity index (χ0n) is 22.0. The van der Waals surface area contributed by atoms with Crippen LogP contribution < -0.4 is 0 Å². The molecule has 5 fully saturated rings. The minimum atomic E-state index is -0.538. The van der Waals surface area contributed by atoms with Crippen LogP contribution in [-0.2, 0) is 4.79 Å². The van der Waals surface area contributed by atoms with Gasteiger partial charge in [-0.3, -0.25) is 4.79 Å². The Morgan fingerprint density at radius 3 is 2.15 bits per heavy atom. The molecule has 0 aromatic carbocycles. The fraction of sp³-hybridized carbons (Fsp3) is 0.900. The molecular formula is C30H48O3. The van der Waals surface area contributed by atoms with E-state index >= 15 is 0 Å². The van der Waals surface area contributed by atoms with Crippen molar-refractivity contribution in [3.8, 4) is 0 Å². The van der Waals surface area contributed by atoms with E-state index < -0.39 is 11.4 Å². The normalized spacial score (nSPS) is 55.0. The molecule has 5 aliphatic rings. The van der Waals surface area contributed by atoms with Gasteiger partial charge in [-0.25, -0.2) is 0 Å². The summed E-state index contributed by atoms with van der Waals surface area (Å²) in [6.45, 7) is 18.8. The van der Waals surface area contributed by atoms with Gasteiger partial charge < -0.3 is 10.2 Å². The van der Waals surface area contributed by atoms with Crippen LogP contribution in [0.2, 0.25) is 0 Å². The van der Waals surface area contributed by atoms with Gasteiger partial charge in [0, 0.05) is 0 Å². The maximum Gasteiger partial charge on any atom is 0.309 e. The highest BCUT2D eigenvalue weighted by Crippen LogP contribution is 2.77. The summed E-state index contributed by atoms with van der Waals surface area (Å²) in [7, 11) is 0. The first-order valence-electron chi connectivity index (χ1n) is 13.8. The van der Waals surface area contributed by atoms with Crippen molar-refractivity contribution in [2.75, 3.05) is 0 Å². The van der Waals surface area contributed by atoms with Gasteiger partial charge in [-0.2, -0.15) is 0 Å². The van der Waals surface area contributed by atoms with Crippen LogP contribution in [0.4, 0.5) is 0 Å². The SMILES string of the molecule is C=C(C)[C@@H]1CC[C@]2(C(=O)O)CC[C@]3(C)[C@H](CC[C@@H]4[C@@]5(C)CC[C@@H](O)C(C)(C)[C@@H]5CC[C@]43C)[C@@H]12. The van der Waals surface area contributed by atoms with E-state index in [1.54, 1.807) is 0 Å². The molecule has 0 saturated heterocycles. The van der Waals surface area contributed by atoms with Gasteiger partial charge in [-0.05, 0) is 122 Å². The Bertz CT molecular complexity index is 861. The topological polar surface area (TPSA) is 57.5 Å². The molecule has 0 aromatic heterocycles. The third-order valence-electron chi connectivity index (χ3n) is 13.5. The van der Waals surface area contributed by atoms with Gasteiger partial charge in [0.15, 0.2) is 0 Å². The van der Waals surface area contributed by atoms with E-state index in [2.05, 4.69) is 48.1 Å². The minimum Gasteiger partial charge on any atom is -0.481 e. The summed E-state index contributed by atoms with van der Waals surface area (Å²) in [4.78, 5) is 12.8. The van der Waals surface area contributed by atoms with Crippen molar-refractivity contribution in [2.24, 2.45) is 56.7 Å². The number of rotatable bonds is 2. The summed E-state index contributed by atoms with van der Waals surface area (Å²) in [5.74, 6) is 1.79. The van der Waals surface area contributed by atoms with Crippen molar-refractivity contribution < 1.29 is 15.0 Å². The summed E-state index contributed by atoms with van der Waals surface area (Å²) in [6, 6.07) is 0. The van der Waals surface area contributed by atoms with Gasteiger partial charge in [0.1, 0.15) is 0 Å². The number of aliphatic carboxylic acids is 1. The lowest BCUT2D eigenvalue weighted by Gasteiger charge is -2.72. The number of fused-ring (bicyclic) bond motifs is 7. The quantitative estimate of drug-likeness (QED) is 0.436. The van der Waals surface area contributed by atoms with Crippen molar-refractivity contribution in [1.82, 2.24) is 0 Å². The molecule has 0 spiro atoms. The first-order valence-corrected chi connectivity index (χ1v) is 13.8. The molecule has 33 heavy (non-hydrogen) atoms. The Balaban J connectivity index is 1.57. The number of carboxylic acids is 1. The van der Waals surface area contributed by atoms with E-state index in [0.717, 1.165) is 38.5 Å². The molecule has 0 bridgehead atoms. The Morgan fingerprint density at radius 1 is 0.818 bits per heavy atom. The van der Waals surface area contributed by atoms with E-state index in [0.29, 0.717) is 23.7 Å². The third-order valence-corrected chi connectivity index (χ3v) is 13.5. The Kier molecular flexibility index (Phi) is 5.15. The number of aliphatic hydroxyl groups is 1. The monoisotopic (exact) mass is 456 g/mol. The third kappa shape index (κ3) is 2.75. The largest absolute Gasteiger partial charge is 0.481 e. The second kappa shape index (κ2) is 7.11. The highest BCUT2D eigenvalue weighted by Gasteiger charge is 2.71. The second-order valence-corrected chi connectivity index (χ2v) is 14.5. The zero-order valence-corrected chi connectivity index (χ0v) is 22.0. The molecule has 3 heteroatoms. The van der Waals surface area contributed by atoms with Crippen LogP contribution in [0, 0.1) is 56.7 Å². The molecule has 3 nitrogen and oxygen atoms in total. The number of aliphatic hydroxyl groups excluding tert-OH is 1. The molecule has 5 saturated carbocycles. The van der Waals surface area contributed by atoms with E-state index in [9.17, 15) is 15.0 Å². The van der Waals surface area contributed by atoms with Gasteiger partial charge in [0.2, 0.25) is 0 Å². The lowest BCUT2D eigenvalue weighted by molar-refractivity contribution is -0.248. The number of carbonyl (C=O) groups is 1. The number of carboxylic acid groups (broad SMARTS) is 1. The minimum absolute atomic E-state index is 0.0202. The summed E-state index contributed by atoms with van der Waals surface area (Å²) < 4.78 is 0. The lowest BCUT2D eigenvalue weighted by atomic mass is 9.32. The standard InChI is InChI=1S/C30H48O3/c1-18(2)19-10-15-30(25(32)33)17-16-28(6)20(24(19)30)8-9-22-27(5)13-12-23(31)26(3,4)21(27)11-14-29(22,28)7/h19-24,31H,1,8-17H2,2-7H3,(H,32,33)/t19-,20+,21-,22+,23+,24+,27-,28+,29+,30-/m0/s1. The van der Waals surface area contributed by atoms with Crippen LogP contribution in [0.15, 0.2) is 12.2 Å². The Morgan fingerprint density at radius 2 is 1.52 bits per heavy atom. The zero-order chi connectivity index (χ0) is 24.2. The molecule has 186 valence electrons. The van der Waals surface area contributed by atoms with Crippen LogP contribution >= 0.6 is 0 Å². The van der Waals surface area contributed by atoms with Crippen LogP contribution in [0.3, 0.4) is 0 Å². The lowest BCUT2D eigenvalue weighted by Crippen LogP contribution is -2.67. The second-order valence-electron chi connectivity index (χ2n) is 14.5. The van der Waals surface area contributed by atoms with E-state index in [1.807, 2.05) is 0 Å². The molecule has 5 aliphatic carbocycles. The molecule has 2 N–H and O–H groups in total. The number of allylic oxidation sites excluding steroid dienone is 1. The molecule has 0 radical (unpaired) electrons. The Hall–Kier alpha value is -0.830. The molecule has 5 rings (SSSR count). The molecule has 0 aromatic rings. The van der Waals surface area contributed by atoms with Crippen LogP contribution in [0.1, 0.15) is 106 Å². The van der Waals surface area contributed by atoms with Gasteiger partial charge >= 0.3 is 5.97 Å². The van der Waals surface area contributed by atoms with Crippen molar-refractivity contribution in [3.63, 3.8) is 0 Å². The van der Waals surface area contributed by atoms with Gasteiger partial charge in [-0.15, -0.1) is 0 Å². The number of hydrogen-bond acceptors (Lipinski definition) is 2. The Labute approximate surface area is 201 Å². The first kappa shape index (κ1) is 23.9. The average molecular weight is 457 g/mol. The van der Waals surface area contributed by atoms with Crippen molar-refractivity contribution in [1.29, 1.82) is 0 Å². The molecule has 0 amide bonds. The molecule has 10 atom stereocenters. The van der Waals surface area contributed by atoms with E-state index in [1.165, 1.54) is 31.3 Å². The van der Waals surface area contributed by atoms with E-state index in [-0.39, 0.29) is 33.7 Å². The van der Waals surface area contributed by atoms with Crippen molar-refractivity contribution in [3.05, 3.63) is 12.2 Å². The van der Waals surface area contributed by atoms with Gasteiger partial charge in [-0.1, -0.05) is 46.8 Å². The summed E-state index contributed by atoms with van der Waals surface area (Å²) in [6.07, 6.45) is 10.5. The van der Waals surface area contributed by atoms with Crippen LogP contribution in [0.5, 0.6) is 0 Å². The first-order chi connectivity index (χ1) is 15.3. The molecule has 0 unspecified atom stereocenters. The molecule has 0 heterocycles. The molecular weight excluding hydrogens is 408 g/mol. The highest BCUT2D eigenvalue weighted by atomic mass is 16.4. The predicted octanol–water partition coefficient (Wildman–Crippen LogP) is 7.09. The predicted molar refractivity (Wildman–Crippen MR) is 133 cm³/mol. The summed E-state index contributed by atoms with van der Waals surface area (Å²) >= 11 is 0. The summed E-state index contributed by atoms with van der Waals surface area (Å²) in [5, 5.41) is 21.4. The summed E-state index contributed by atoms with van der Waals surface area (Å²) in [5.41, 5.74) is 1.35. The maximum atomic E-state index is 12.8. The fourth-order valence-corrected chi connectivity index (χ4v) is 11.5. The number of hydrogen-bond donors (Lipinski definition) is 2. The van der Waals surface area contributed by atoms with E-state index in [4.69, 9.17) is 0 Å². The molecule has 0 aliphatic heterocycles. The fourth-order valence-electron chi connectivity index (χ4n) is 11.5. The maximum absolute atomic E-state index is 12.8. The van der Waals surface area contributed by atoms with Crippen LogP contribution in [0.25, 0.3) is 0 Å².